The Morgan fingerprint density at radius 1 is 1.23 bits per heavy atom. The summed E-state index contributed by atoms with van der Waals surface area (Å²) < 4.78 is 1.55. The van der Waals surface area contributed by atoms with E-state index >= 15 is 0 Å². The van der Waals surface area contributed by atoms with Gasteiger partial charge in [0, 0.05) is 11.6 Å². The van der Waals surface area contributed by atoms with E-state index in [4.69, 9.17) is 0 Å². The van der Waals surface area contributed by atoms with Crippen LogP contribution in [0.1, 0.15) is 28.4 Å². The topological polar surface area (TPSA) is 104 Å². The molecule has 0 aliphatic heterocycles. The summed E-state index contributed by atoms with van der Waals surface area (Å²) in [6.45, 7) is 5.32. The molecule has 0 saturated carbocycles. The van der Waals surface area contributed by atoms with Crippen molar-refractivity contribution in [3.63, 3.8) is 0 Å². The molecule has 0 amide bonds. The highest BCUT2D eigenvalue weighted by molar-refractivity contribution is 7.99. The van der Waals surface area contributed by atoms with Gasteiger partial charge in [0.15, 0.2) is 5.78 Å². The zero-order valence-corrected chi connectivity index (χ0v) is 15.1. The van der Waals surface area contributed by atoms with E-state index in [1.165, 1.54) is 13.0 Å². The first kappa shape index (κ1) is 17.7. The summed E-state index contributed by atoms with van der Waals surface area (Å²) in [5.74, 6) is -0.232. The molecule has 0 aliphatic carbocycles. The van der Waals surface area contributed by atoms with Crippen molar-refractivity contribution in [2.24, 2.45) is 0 Å². The Kier molecular flexibility index (Phi) is 4.81. The van der Waals surface area contributed by atoms with Gasteiger partial charge in [-0.2, -0.15) is 4.68 Å². The zero-order chi connectivity index (χ0) is 18.8. The minimum atomic E-state index is -0.513. The third kappa shape index (κ3) is 3.33. The van der Waals surface area contributed by atoms with Crippen LogP contribution in [0.5, 0.6) is 0 Å². The number of aromatic nitrogens is 4. The van der Waals surface area contributed by atoms with Gasteiger partial charge in [-0.3, -0.25) is 14.9 Å². The van der Waals surface area contributed by atoms with Gasteiger partial charge in [0.1, 0.15) is 0 Å². The molecule has 0 atom stereocenters. The number of rotatable bonds is 5. The zero-order valence-electron chi connectivity index (χ0n) is 14.3. The molecule has 2 aromatic carbocycles. The van der Waals surface area contributed by atoms with Crippen LogP contribution in [0.4, 0.5) is 5.69 Å². The summed E-state index contributed by atoms with van der Waals surface area (Å²) in [5.41, 5.74) is 3.04. The Hall–Kier alpha value is -3.07. The van der Waals surface area contributed by atoms with Crippen molar-refractivity contribution in [1.29, 1.82) is 0 Å². The lowest BCUT2D eigenvalue weighted by Crippen LogP contribution is -2.03. The summed E-state index contributed by atoms with van der Waals surface area (Å²) in [4.78, 5) is 22.7. The Bertz CT molecular complexity index is 1020. The molecular weight excluding hydrogens is 354 g/mol. The molecule has 132 valence electrons. The second-order valence-electron chi connectivity index (χ2n) is 5.69. The number of aryl methyl sites for hydroxylation is 1. The number of Topliss-reactive ketones (excluding diaryl/α,β-unsaturated/α-hetero) is 1. The molecule has 0 radical (unpaired) electrons. The smallest absolute Gasteiger partial charge is 0.284 e. The minimum absolute atomic E-state index is 0.154. The average Bonchev–Trinajstić information content (AvgIpc) is 3.05. The lowest BCUT2D eigenvalue weighted by atomic mass is 10.1. The third-order valence-electron chi connectivity index (χ3n) is 4.01. The monoisotopic (exact) mass is 369 g/mol. The predicted molar refractivity (Wildman–Crippen MR) is 95.9 cm³/mol. The highest BCUT2D eigenvalue weighted by Crippen LogP contribution is 2.35. The Balaban J connectivity index is 2.04. The normalized spacial score (nSPS) is 10.7. The molecular formula is C17H15N5O3S. The van der Waals surface area contributed by atoms with Crippen LogP contribution in [-0.2, 0) is 0 Å². The molecule has 8 nitrogen and oxygen atoms in total. The van der Waals surface area contributed by atoms with Gasteiger partial charge in [-0.25, -0.2) is 0 Å². The predicted octanol–water partition coefficient (Wildman–Crippen LogP) is 3.54. The van der Waals surface area contributed by atoms with Crippen LogP contribution in [0.15, 0.2) is 46.5 Å². The van der Waals surface area contributed by atoms with Gasteiger partial charge in [-0.1, -0.05) is 12.1 Å². The SMILES string of the molecule is CC(=O)c1ccc(Sc2nnnn2-c2cccc(C)c2C)c([N+](=O)[O-])c1. The van der Waals surface area contributed by atoms with Crippen LogP contribution >= 0.6 is 11.8 Å². The summed E-state index contributed by atoms with van der Waals surface area (Å²) in [6.07, 6.45) is 0. The van der Waals surface area contributed by atoms with Crippen molar-refractivity contribution >= 4 is 23.2 Å². The fraction of sp³-hybridized carbons (Fsp3) is 0.176. The average molecular weight is 369 g/mol. The number of nitro groups is 1. The van der Waals surface area contributed by atoms with E-state index in [1.54, 1.807) is 16.8 Å². The highest BCUT2D eigenvalue weighted by atomic mass is 32.2. The van der Waals surface area contributed by atoms with Crippen molar-refractivity contribution in [1.82, 2.24) is 20.2 Å². The molecule has 3 rings (SSSR count). The van der Waals surface area contributed by atoms with Crippen LogP contribution in [0.25, 0.3) is 5.69 Å². The maximum atomic E-state index is 11.5. The first-order valence-electron chi connectivity index (χ1n) is 7.70. The molecule has 0 bridgehead atoms. The van der Waals surface area contributed by atoms with Gasteiger partial charge in [-0.15, -0.1) is 5.10 Å². The summed E-state index contributed by atoms with van der Waals surface area (Å²) in [5, 5.41) is 23.5. The number of hydrogen-bond donors (Lipinski definition) is 0. The van der Waals surface area contributed by atoms with Crippen molar-refractivity contribution in [3.05, 3.63) is 63.2 Å². The molecule has 0 saturated heterocycles. The Labute approximate surface area is 153 Å². The molecule has 9 heteroatoms. The number of carbonyl (C=O) groups excluding carboxylic acids is 1. The standard InChI is InChI=1S/C17H15N5O3S/c1-10-5-4-6-14(11(10)2)21-17(18-19-20-21)26-16-8-7-13(12(3)23)9-15(16)22(24)25/h4-9H,1-3H3. The molecule has 0 fully saturated rings. The second kappa shape index (κ2) is 7.04. The van der Waals surface area contributed by atoms with Crippen LogP contribution in [-0.4, -0.2) is 30.9 Å². The van der Waals surface area contributed by atoms with Gasteiger partial charge < -0.3 is 0 Å². The lowest BCUT2D eigenvalue weighted by Gasteiger charge is -2.09. The molecule has 26 heavy (non-hydrogen) atoms. The van der Waals surface area contributed by atoms with Crippen molar-refractivity contribution < 1.29 is 9.72 Å². The highest BCUT2D eigenvalue weighted by Gasteiger charge is 2.21. The fourth-order valence-electron chi connectivity index (χ4n) is 2.42. The van der Waals surface area contributed by atoms with Gasteiger partial charge in [0.2, 0.25) is 5.16 Å². The van der Waals surface area contributed by atoms with Crippen molar-refractivity contribution in [2.75, 3.05) is 0 Å². The van der Waals surface area contributed by atoms with E-state index in [2.05, 4.69) is 15.5 Å². The Morgan fingerprint density at radius 2 is 2.00 bits per heavy atom. The van der Waals surface area contributed by atoms with Gasteiger partial charge in [-0.05, 0) is 72.3 Å². The van der Waals surface area contributed by atoms with Crippen LogP contribution < -0.4 is 0 Å². The van der Waals surface area contributed by atoms with Crippen LogP contribution in [0, 0.1) is 24.0 Å². The van der Waals surface area contributed by atoms with E-state index in [-0.39, 0.29) is 17.0 Å². The molecule has 1 aromatic heterocycles. The maximum absolute atomic E-state index is 11.5. The Morgan fingerprint density at radius 3 is 2.69 bits per heavy atom. The van der Waals surface area contributed by atoms with E-state index in [0.29, 0.717) is 10.1 Å². The largest absolute Gasteiger partial charge is 0.295 e. The third-order valence-corrected chi connectivity index (χ3v) is 5.01. The summed E-state index contributed by atoms with van der Waals surface area (Å²) in [6, 6.07) is 10.2. The maximum Gasteiger partial charge on any atom is 0.284 e. The van der Waals surface area contributed by atoms with Crippen molar-refractivity contribution in [2.45, 2.75) is 30.8 Å². The number of tetrazole rings is 1. The van der Waals surface area contributed by atoms with E-state index in [1.807, 2.05) is 32.0 Å². The minimum Gasteiger partial charge on any atom is -0.295 e. The molecule has 0 spiro atoms. The number of ketones is 1. The number of nitrogens with zero attached hydrogens (tertiary/aromatic N) is 5. The van der Waals surface area contributed by atoms with Crippen molar-refractivity contribution in [3.8, 4) is 5.69 Å². The fourth-order valence-corrected chi connectivity index (χ4v) is 3.29. The van der Waals surface area contributed by atoms with Crippen LogP contribution in [0.2, 0.25) is 0 Å². The molecule has 1 heterocycles. The van der Waals surface area contributed by atoms with E-state index in [9.17, 15) is 14.9 Å². The summed E-state index contributed by atoms with van der Waals surface area (Å²) in [7, 11) is 0. The molecule has 0 N–H and O–H groups in total. The quantitative estimate of drug-likeness (QED) is 0.385. The second-order valence-corrected chi connectivity index (χ2v) is 6.70. The first-order chi connectivity index (χ1) is 12.4. The lowest BCUT2D eigenvalue weighted by molar-refractivity contribution is -0.387. The number of benzene rings is 2. The number of nitro benzene ring substituents is 1. The molecule has 0 unspecified atom stereocenters. The van der Waals surface area contributed by atoms with Gasteiger partial charge in [0.25, 0.3) is 5.69 Å². The first-order valence-corrected chi connectivity index (χ1v) is 8.52. The molecule has 0 aliphatic rings. The van der Waals surface area contributed by atoms with Gasteiger partial charge in [0.05, 0.1) is 15.5 Å². The molecule has 3 aromatic rings. The van der Waals surface area contributed by atoms with Gasteiger partial charge >= 0.3 is 0 Å². The van der Waals surface area contributed by atoms with E-state index < -0.39 is 4.92 Å². The number of carbonyl (C=O) groups is 1. The van der Waals surface area contributed by atoms with Crippen LogP contribution in [0.3, 0.4) is 0 Å². The van der Waals surface area contributed by atoms with E-state index in [0.717, 1.165) is 28.6 Å². The number of hydrogen-bond acceptors (Lipinski definition) is 7. The summed E-state index contributed by atoms with van der Waals surface area (Å²) >= 11 is 1.08.